The number of H-pyrrole nitrogens is 1. The third-order valence-electron chi connectivity index (χ3n) is 3.31. The van der Waals surface area contributed by atoms with Crippen LogP contribution in [0.3, 0.4) is 0 Å². The molecule has 0 unspecified atom stereocenters. The average molecular weight is 296 g/mol. The van der Waals surface area contributed by atoms with Crippen LogP contribution in [0.25, 0.3) is 10.9 Å². The molecule has 0 spiro atoms. The second kappa shape index (κ2) is 5.10. The van der Waals surface area contributed by atoms with E-state index < -0.39 is 11.5 Å². The minimum atomic E-state index is -0.424. The van der Waals surface area contributed by atoms with E-state index in [-0.39, 0.29) is 4.77 Å². The topological polar surface area (TPSA) is 54.9 Å². The van der Waals surface area contributed by atoms with Gasteiger partial charge in [-0.2, -0.15) is 0 Å². The van der Waals surface area contributed by atoms with Gasteiger partial charge < -0.3 is 4.98 Å². The zero-order valence-electron chi connectivity index (χ0n) is 11.3. The van der Waals surface area contributed by atoms with Gasteiger partial charge in [0, 0.05) is 5.56 Å². The van der Waals surface area contributed by atoms with Crippen LogP contribution in [0.2, 0.25) is 0 Å². The lowest BCUT2D eigenvalue weighted by Gasteiger charge is -2.07. The number of nitrogens with one attached hydrogen (secondary N) is 1. The van der Waals surface area contributed by atoms with Crippen molar-refractivity contribution in [2.24, 2.45) is 0 Å². The highest BCUT2D eigenvalue weighted by molar-refractivity contribution is 7.71. The molecule has 1 N–H and O–H groups in total. The lowest BCUT2D eigenvalue weighted by molar-refractivity contribution is 0.0953. The van der Waals surface area contributed by atoms with Gasteiger partial charge in [0.25, 0.3) is 11.5 Å². The number of nitrogens with zero attached hydrogens (tertiary/aromatic N) is 1. The average Bonchev–Trinajstić information content (AvgIpc) is 2.48. The molecule has 2 aromatic carbocycles. The Bertz CT molecular complexity index is 952. The van der Waals surface area contributed by atoms with Gasteiger partial charge >= 0.3 is 0 Å². The van der Waals surface area contributed by atoms with Gasteiger partial charge in [0.15, 0.2) is 4.77 Å². The molecule has 0 amide bonds. The number of para-hydroxylation sites is 1. The number of carbonyl (C=O) groups is 1. The van der Waals surface area contributed by atoms with Gasteiger partial charge in [-0.15, -0.1) is 0 Å². The number of aryl methyl sites for hydroxylation is 1. The molecule has 5 heteroatoms. The number of hydrogen-bond acceptors (Lipinski definition) is 3. The second-order valence-corrected chi connectivity index (χ2v) is 5.17. The van der Waals surface area contributed by atoms with E-state index in [2.05, 4.69) is 4.98 Å². The van der Waals surface area contributed by atoms with E-state index in [9.17, 15) is 9.59 Å². The number of benzene rings is 2. The summed E-state index contributed by atoms with van der Waals surface area (Å²) in [5, 5.41) is 0.437. The molecule has 0 saturated carbocycles. The first-order chi connectivity index (χ1) is 10.1. The lowest BCUT2D eigenvalue weighted by Crippen LogP contribution is -2.29. The number of carbonyl (C=O) groups excluding carboxylic acids is 1. The molecule has 4 nitrogen and oxygen atoms in total. The van der Waals surface area contributed by atoms with Crippen LogP contribution in [0.5, 0.6) is 0 Å². The quantitative estimate of drug-likeness (QED) is 0.702. The molecule has 0 radical (unpaired) electrons. The third-order valence-corrected chi connectivity index (χ3v) is 3.59. The van der Waals surface area contributed by atoms with E-state index in [1.807, 2.05) is 19.1 Å². The van der Waals surface area contributed by atoms with Crippen LogP contribution >= 0.6 is 12.2 Å². The first kappa shape index (κ1) is 13.5. The molecule has 0 atom stereocenters. The van der Waals surface area contributed by atoms with Crippen molar-refractivity contribution in [1.82, 2.24) is 9.55 Å². The van der Waals surface area contributed by atoms with Crippen molar-refractivity contribution in [3.8, 4) is 0 Å². The fourth-order valence-electron chi connectivity index (χ4n) is 2.17. The predicted octanol–water partition coefficient (Wildman–Crippen LogP) is 3.06. The van der Waals surface area contributed by atoms with E-state index in [0.29, 0.717) is 16.5 Å². The van der Waals surface area contributed by atoms with Gasteiger partial charge in [-0.1, -0.05) is 29.8 Å². The number of aromatic amines is 1. The number of hydrogen-bond donors (Lipinski definition) is 1. The molecule has 0 saturated heterocycles. The molecule has 0 aliphatic carbocycles. The molecule has 0 bridgehead atoms. The maximum atomic E-state index is 12.5. The summed E-state index contributed by atoms with van der Waals surface area (Å²) in [6, 6.07) is 14.0. The molecular weight excluding hydrogens is 284 g/mol. The third kappa shape index (κ3) is 2.32. The number of aromatic nitrogens is 2. The smallest absolute Gasteiger partial charge is 0.269 e. The van der Waals surface area contributed by atoms with Crippen molar-refractivity contribution < 1.29 is 4.79 Å². The van der Waals surface area contributed by atoms with Gasteiger partial charge in [0.1, 0.15) is 0 Å². The molecule has 0 aliphatic heterocycles. The van der Waals surface area contributed by atoms with E-state index in [1.54, 1.807) is 36.4 Å². The van der Waals surface area contributed by atoms with Crippen LogP contribution in [-0.4, -0.2) is 15.5 Å². The first-order valence-corrected chi connectivity index (χ1v) is 6.84. The highest BCUT2D eigenvalue weighted by atomic mass is 32.1. The monoisotopic (exact) mass is 296 g/mol. The maximum Gasteiger partial charge on any atom is 0.269 e. The zero-order valence-corrected chi connectivity index (χ0v) is 12.1. The van der Waals surface area contributed by atoms with Gasteiger partial charge in [0.2, 0.25) is 0 Å². The van der Waals surface area contributed by atoms with Crippen LogP contribution in [0.1, 0.15) is 15.9 Å². The summed E-state index contributed by atoms with van der Waals surface area (Å²) >= 11 is 5.16. The molecule has 3 aromatic rings. The molecule has 104 valence electrons. The summed E-state index contributed by atoms with van der Waals surface area (Å²) in [5.41, 5.74) is 1.69. The Labute approximate surface area is 125 Å². The van der Waals surface area contributed by atoms with Crippen LogP contribution in [0.15, 0.2) is 53.3 Å². The molecule has 0 aliphatic rings. The molecule has 1 heterocycles. The minimum Gasteiger partial charge on any atom is -0.331 e. The van der Waals surface area contributed by atoms with Crippen molar-refractivity contribution >= 4 is 29.0 Å². The van der Waals surface area contributed by atoms with Crippen molar-refractivity contribution in [1.29, 1.82) is 0 Å². The van der Waals surface area contributed by atoms with Crippen molar-refractivity contribution in [3.63, 3.8) is 0 Å². The summed E-state index contributed by atoms with van der Waals surface area (Å²) in [4.78, 5) is 27.9. The van der Waals surface area contributed by atoms with E-state index >= 15 is 0 Å². The van der Waals surface area contributed by atoms with Crippen LogP contribution < -0.4 is 5.56 Å². The highest BCUT2D eigenvalue weighted by Gasteiger charge is 2.14. The van der Waals surface area contributed by atoms with E-state index in [0.717, 1.165) is 10.1 Å². The Morgan fingerprint density at radius 1 is 1.10 bits per heavy atom. The van der Waals surface area contributed by atoms with Crippen LogP contribution in [0, 0.1) is 11.7 Å². The second-order valence-electron chi connectivity index (χ2n) is 4.79. The van der Waals surface area contributed by atoms with Crippen molar-refractivity contribution in [3.05, 3.63) is 74.8 Å². The normalized spacial score (nSPS) is 10.7. The zero-order chi connectivity index (χ0) is 15.0. The largest absolute Gasteiger partial charge is 0.331 e. The maximum absolute atomic E-state index is 12.5. The van der Waals surface area contributed by atoms with Gasteiger partial charge in [-0.25, -0.2) is 4.57 Å². The van der Waals surface area contributed by atoms with Crippen molar-refractivity contribution in [2.75, 3.05) is 0 Å². The Balaban J connectivity index is 2.25. The Morgan fingerprint density at radius 3 is 2.48 bits per heavy atom. The first-order valence-electron chi connectivity index (χ1n) is 6.43. The Hall–Kier alpha value is -2.53. The summed E-state index contributed by atoms with van der Waals surface area (Å²) in [5.74, 6) is -0.424. The molecule has 0 fully saturated rings. The summed E-state index contributed by atoms with van der Waals surface area (Å²) in [6.07, 6.45) is 0. The fraction of sp³-hybridized carbons (Fsp3) is 0.0625. The molecule has 1 aromatic heterocycles. The molecule has 3 rings (SSSR count). The molecule has 21 heavy (non-hydrogen) atoms. The summed E-state index contributed by atoms with van der Waals surface area (Å²) in [7, 11) is 0. The van der Waals surface area contributed by atoms with Crippen LogP contribution in [-0.2, 0) is 0 Å². The van der Waals surface area contributed by atoms with E-state index in [4.69, 9.17) is 12.2 Å². The standard InChI is InChI=1S/C16H12N2O2S/c1-10-6-8-11(9-7-10)14(19)18-15(20)12-4-2-3-5-13(12)17-16(18)21/h2-9H,1H3,(H,17,21). The van der Waals surface area contributed by atoms with Crippen molar-refractivity contribution in [2.45, 2.75) is 6.92 Å². The SMILES string of the molecule is Cc1ccc(C(=O)n2c(=S)[nH]c3ccccc3c2=O)cc1. The van der Waals surface area contributed by atoms with Crippen LogP contribution in [0.4, 0.5) is 0 Å². The Kier molecular flexibility index (Phi) is 3.27. The summed E-state index contributed by atoms with van der Waals surface area (Å²) in [6.45, 7) is 1.93. The van der Waals surface area contributed by atoms with Gasteiger partial charge in [-0.05, 0) is 43.4 Å². The predicted molar refractivity (Wildman–Crippen MR) is 84.3 cm³/mol. The fourth-order valence-corrected chi connectivity index (χ4v) is 2.45. The minimum absolute atomic E-state index is 0.101. The van der Waals surface area contributed by atoms with E-state index in [1.165, 1.54) is 0 Å². The Morgan fingerprint density at radius 2 is 1.76 bits per heavy atom. The van der Waals surface area contributed by atoms with Gasteiger partial charge in [-0.3, -0.25) is 9.59 Å². The number of fused-ring (bicyclic) bond motifs is 1. The highest BCUT2D eigenvalue weighted by Crippen LogP contribution is 2.09. The molecular formula is C16H12N2O2S. The number of rotatable bonds is 1. The summed E-state index contributed by atoms with van der Waals surface area (Å²) < 4.78 is 1.10. The van der Waals surface area contributed by atoms with Gasteiger partial charge in [0.05, 0.1) is 10.9 Å². The lowest BCUT2D eigenvalue weighted by atomic mass is 10.1.